The molecule has 1 fully saturated rings. The number of esters is 1. The van der Waals surface area contributed by atoms with Crippen molar-refractivity contribution in [2.45, 2.75) is 25.9 Å². The zero-order valence-corrected chi connectivity index (χ0v) is 14.7. The molecule has 144 valence electrons. The number of carbonyl (C=O) groups is 2. The van der Waals surface area contributed by atoms with Crippen LogP contribution in [0.5, 0.6) is 0 Å². The van der Waals surface area contributed by atoms with Crippen LogP contribution in [0.1, 0.15) is 35.7 Å². The van der Waals surface area contributed by atoms with Crippen LogP contribution in [0, 0.1) is 0 Å². The smallest absolute Gasteiger partial charge is 0.416 e. The standard InChI is InChI=1S/C18H23F3N2O3/c1-2-3-12-26-16(24)13-22-8-10-23(11-9-22)17(25)14-4-6-15(7-5-14)18(19,20)21/h4-7H,2-3,8-13H2,1H3. The third kappa shape index (κ3) is 5.72. The Morgan fingerprint density at radius 2 is 1.69 bits per heavy atom. The van der Waals surface area contributed by atoms with Gasteiger partial charge in [-0.1, -0.05) is 13.3 Å². The number of ether oxygens (including phenoxy) is 1. The molecular weight excluding hydrogens is 349 g/mol. The molecule has 1 aliphatic heterocycles. The highest BCUT2D eigenvalue weighted by Crippen LogP contribution is 2.29. The molecule has 1 aliphatic rings. The molecule has 0 aliphatic carbocycles. The molecule has 1 aromatic carbocycles. The summed E-state index contributed by atoms with van der Waals surface area (Å²) in [5.41, 5.74) is -0.550. The largest absolute Gasteiger partial charge is 0.465 e. The van der Waals surface area contributed by atoms with Crippen LogP contribution in [0.3, 0.4) is 0 Å². The van der Waals surface area contributed by atoms with Crippen LogP contribution in [0.4, 0.5) is 13.2 Å². The second-order valence-corrected chi connectivity index (χ2v) is 6.22. The lowest BCUT2D eigenvalue weighted by Gasteiger charge is -2.34. The number of unbranched alkanes of at least 4 members (excludes halogenated alkanes) is 1. The average molecular weight is 372 g/mol. The van der Waals surface area contributed by atoms with Crippen LogP contribution < -0.4 is 0 Å². The zero-order valence-electron chi connectivity index (χ0n) is 14.7. The zero-order chi connectivity index (χ0) is 19.2. The normalized spacial score (nSPS) is 15.8. The van der Waals surface area contributed by atoms with E-state index in [1.807, 2.05) is 11.8 Å². The Balaban J connectivity index is 1.82. The first-order valence-corrected chi connectivity index (χ1v) is 8.65. The van der Waals surface area contributed by atoms with E-state index < -0.39 is 11.7 Å². The van der Waals surface area contributed by atoms with Crippen molar-refractivity contribution in [3.8, 4) is 0 Å². The predicted molar refractivity (Wildman–Crippen MR) is 89.7 cm³/mol. The van der Waals surface area contributed by atoms with Crippen molar-refractivity contribution in [2.24, 2.45) is 0 Å². The molecule has 0 N–H and O–H groups in total. The van der Waals surface area contributed by atoms with Gasteiger partial charge in [0.25, 0.3) is 5.91 Å². The van der Waals surface area contributed by atoms with Crippen LogP contribution in [0.2, 0.25) is 0 Å². The molecular formula is C18H23F3N2O3. The molecule has 0 aromatic heterocycles. The summed E-state index contributed by atoms with van der Waals surface area (Å²) in [6.07, 6.45) is -2.63. The number of amides is 1. The average Bonchev–Trinajstić information content (AvgIpc) is 2.61. The summed E-state index contributed by atoms with van der Waals surface area (Å²) >= 11 is 0. The fourth-order valence-electron chi connectivity index (χ4n) is 2.65. The predicted octanol–water partition coefficient (Wildman–Crippen LogP) is 2.81. The van der Waals surface area contributed by atoms with Crippen molar-refractivity contribution in [2.75, 3.05) is 39.3 Å². The third-order valence-corrected chi connectivity index (χ3v) is 4.23. The SMILES string of the molecule is CCCCOC(=O)CN1CCN(C(=O)c2ccc(C(F)(F)F)cc2)CC1. The summed E-state index contributed by atoms with van der Waals surface area (Å²) in [4.78, 5) is 27.6. The van der Waals surface area contributed by atoms with E-state index in [1.54, 1.807) is 4.90 Å². The number of benzene rings is 1. The van der Waals surface area contributed by atoms with Crippen molar-refractivity contribution in [3.63, 3.8) is 0 Å². The monoisotopic (exact) mass is 372 g/mol. The molecule has 8 heteroatoms. The lowest BCUT2D eigenvalue weighted by Crippen LogP contribution is -2.50. The van der Waals surface area contributed by atoms with Gasteiger partial charge in [0.2, 0.25) is 0 Å². The lowest BCUT2D eigenvalue weighted by atomic mass is 10.1. The van der Waals surface area contributed by atoms with Crippen molar-refractivity contribution in [1.29, 1.82) is 0 Å². The van der Waals surface area contributed by atoms with E-state index >= 15 is 0 Å². The minimum atomic E-state index is -4.42. The van der Waals surface area contributed by atoms with Crippen molar-refractivity contribution in [1.82, 2.24) is 9.80 Å². The van der Waals surface area contributed by atoms with E-state index in [9.17, 15) is 22.8 Å². The Morgan fingerprint density at radius 1 is 1.08 bits per heavy atom. The first-order valence-electron chi connectivity index (χ1n) is 8.65. The summed E-state index contributed by atoms with van der Waals surface area (Å²) in [5.74, 6) is -0.579. The third-order valence-electron chi connectivity index (χ3n) is 4.23. The Labute approximate surface area is 150 Å². The first-order chi connectivity index (χ1) is 12.3. The van der Waals surface area contributed by atoms with Crippen LogP contribution in [-0.2, 0) is 15.7 Å². The van der Waals surface area contributed by atoms with Gasteiger partial charge in [0.05, 0.1) is 18.7 Å². The summed E-state index contributed by atoms with van der Waals surface area (Å²) < 4.78 is 42.9. The van der Waals surface area contributed by atoms with Crippen LogP contribution >= 0.6 is 0 Å². The maximum Gasteiger partial charge on any atom is 0.416 e. The number of piperazine rings is 1. The molecule has 26 heavy (non-hydrogen) atoms. The van der Waals surface area contributed by atoms with Gasteiger partial charge in [-0.15, -0.1) is 0 Å². The second kappa shape index (κ2) is 9.02. The van der Waals surface area contributed by atoms with Gasteiger partial charge >= 0.3 is 12.1 Å². The molecule has 1 saturated heterocycles. The van der Waals surface area contributed by atoms with Crippen LogP contribution in [0.15, 0.2) is 24.3 Å². The van der Waals surface area contributed by atoms with E-state index in [-0.39, 0.29) is 24.0 Å². The van der Waals surface area contributed by atoms with Crippen molar-refractivity contribution >= 4 is 11.9 Å². The van der Waals surface area contributed by atoms with Gasteiger partial charge in [-0.3, -0.25) is 14.5 Å². The van der Waals surface area contributed by atoms with Crippen LogP contribution in [0.25, 0.3) is 0 Å². The maximum atomic E-state index is 12.6. The van der Waals surface area contributed by atoms with Gasteiger partial charge in [0.1, 0.15) is 0 Å². The minimum absolute atomic E-state index is 0.187. The Bertz CT molecular complexity index is 609. The fourth-order valence-corrected chi connectivity index (χ4v) is 2.65. The van der Waals surface area contributed by atoms with Gasteiger partial charge in [0, 0.05) is 31.7 Å². The Morgan fingerprint density at radius 3 is 2.23 bits per heavy atom. The van der Waals surface area contributed by atoms with Crippen molar-refractivity contribution < 1.29 is 27.5 Å². The Hall–Kier alpha value is -2.09. The van der Waals surface area contributed by atoms with Gasteiger partial charge in [-0.05, 0) is 30.7 Å². The highest BCUT2D eigenvalue weighted by Gasteiger charge is 2.30. The van der Waals surface area contributed by atoms with E-state index in [4.69, 9.17) is 4.74 Å². The molecule has 0 bridgehead atoms. The molecule has 0 atom stereocenters. The molecule has 5 nitrogen and oxygen atoms in total. The van der Waals surface area contributed by atoms with Gasteiger partial charge in [0.15, 0.2) is 0 Å². The van der Waals surface area contributed by atoms with Gasteiger partial charge in [-0.25, -0.2) is 0 Å². The number of rotatable bonds is 6. The second-order valence-electron chi connectivity index (χ2n) is 6.22. The van der Waals surface area contributed by atoms with Crippen LogP contribution in [-0.4, -0.2) is 61.0 Å². The molecule has 1 aromatic rings. The Kier molecular flexibility index (Phi) is 7.02. The van der Waals surface area contributed by atoms with Gasteiger partial charge in [-0.2, -0.15) is 13.2 Å². The summed E-state index contributed by atoms with van der Waals surface area (Å²) in [5, 5.41) is 0. The quantitative estimate of drug-likeness (QED) is 0.569. The number of halogens is 3. The summed E-state index contributed by atoms with van der Waals surface area (Å²) in [6, 6.07) is 4.22. The number of hydrogen-bond donors (Lipinski definition) is 0. The molecule has 1 heterocycles. The fraction of sp³-hybridized carbons (Fsp3) is 0.556. The number of carbonyl (C=O) groups excluding carboxylic acids is 2. The minimum Gasteiger partial charge on any atom is -0.465 e. The van der Waals surface area contributed by atoms with E-state index in [0.717, 1.165) is 25.0 Å². The first kappa shape index (κ1) is 20.2. The molecule has 0 spiro atoms. The number of hydrogen-bond acceptors (Lipinski definition) is 4. The molecule has 0 radical (unpaired) electrons. The highest BCUT2D eigenvalue weighted by molar-refractivity contribution is 5.94. The highest BCUT2D eigenvalue weighted by atomic mass is 19.4. The topological polar surface area (TPSA) is 49.9 Å². The van der Waals surface area contributed by atoms with Gasteiger partial charge < -0.3 is 9.64 Å². The molecule has 1 amide bonds. The van der Waals surface area contributed by atoms with Crippen molar-refractivity contribution in [3.05, 3.63) is 35.4 Å². The number of alkyl halides is 3. The summed E-state index contributed by atoms with van der Waals surface area (Å²) in [6.45, 7) is 4.50. The van der Waals surface area contributed by atoms with E-state index in [0.29, 0.717) is 32.8 Å². The molecule has 0 saturated carbocycles. The maximum absolute atomic E-state index is 12.6. The van der Waals surface area contributed by atoms with E-state index in [2.05, 4.69) is 0 Å². The lowest BCUT2D eigenvalue weighted by molar-refractivity contribution is -0.145. The number of nitrogens with zero attached hydrogens (tertiary/aromatic N) is 2. The van der Waals surface area contributed by atoms with E-state index in [1.165, 1.54) is 12.1 Å². The summed E-state index contributed by atoms with van der Waals surface area (Å²) in [7, 11) is 0. The molecule has 0 unspecified atom stereocenters. The molecule has 2 rings (SSSR count).